The molecule has 0 atom stereocenters. The fourth-order valence-corrected chi connectivity index (χ4v) is 5.59. The van der Waals surface area contributed by atoms with E-state index in [4.69, 9.17) is 11.6 Å². The zero-order chi connectivity index (χ0) is 24.4. The SMILES string of the molecule is CCN(c1cc(Cl)cc(C(=O)NCc2c3ccccc3nn2C)c1C)C1CCC(N(C)C)CC1. The van der Waals surface area contributed by atoms with E-state index in [2.05, 4.69) is 41.2 Å². The van der Waals surface area contributed by atoms with E-state index in [1.165, 1.54) is 12.8 Å². The molecule has 1 aromatic heterocycles. The molecule has 4 rings (SSSR count). The van der Waals surface area contributed by atoms with Gasteiger partial charge in [0.2, 0.25) is 0 Å². The number of carbonyl (C=O) groups excluding carboxylic acids is 1. The minimum atomic E-state index is -0.112. The summed E-state index contributed by atoms with van der Waals surface area (Å²) >= 11 is 6.55. The first kappa shape index (κ1) is 24.6. The van der Waals surface area contributed by atoms with Crippen LogP contribution in [0.25, 0.3) is 10.9 Å². The van der Waals surface area contributed by atoms with Crippen molar-refractivity contribution in [2.24, 2.45) is 7.05 Å². The molecular formula is C27H36ClN5O. The van der Waals surface area contributed by atoms with E-state index < -0.39 is 0 Å². The summed E-state index contributed by atoms with van der Waals surface area (Å²) in [5.41, 5.74) is 4.59. The Labute approximate surface area is 207 Å². The summed E-state index contributed by atoms with van der Waals surface area (Å²) in [4.78, 5) is 18.1. The topological polar surface area (TPSA) is 53.4 Å². The summed E-state index contributed by atoms with van der Waals surface area (Å²) in [5, 5.41) is 9.30. The lowest BCUT2D eigenvalue weighted by atomic mass is 9.89. The Morgan fingerprint density at radius 2 is 1.82 bits per heavy atom. The lowest BCUT2D eigenvalue weighted by Crippen LogP contribution is -2.42. The Morgan fingerprint density at radius 1 is 1.15 bits per heavy atom. The summed E-state index contributed by atoms with van der Waals surface area (Å²) in [6, 6.07) is 12.9. The van der Waals surface area contributed by atoms with Crippen LogP contribution in [0.5, 0.6) is 0 Å². The van der Waals surface area contributed by atoms with Crippen molar-refractivity contribution in [1.82, 2.24) is 20.0 Å². The predicted octanol–water partition coefficient (Wildman–Crippen LogP) is 5.16. The Bertz CT molecular complexity index is 1160. The largest absolute Gasteiger partial charge is 0.369 e. The van der Waals surface area contributed by atoms with Crippen LogP contribution < -0.4 is 10.2 Å². The molecule has 1 aliphatic rings. The van der Waals surface area contributed by atoms with Gasteiger partial charge in [0.25, 0.3) is 5.91 Å². The molecule has 0 spiro atoms. The van der Waals surface area contributed by atoms with E-state index in [-0.39, 0.29) is 5.91 Å². The highest BCUT2D eigenvalue weighted by molar-refractivity contribution is 6.31. The van der Waals surface area contributed by atoms with Crippen LogP contribution in [0.1, 0.15) is 54.2 Å². The fraction of sp³-hybridized carbons (Fsp3) is 0.481. The van der Waals surface area contributed by atoms with E-state index >= 15 is 0 Å². The van der Waals surface area contributed by atoms with Crippen LogP contribution in [0, 0.1) is 6.92 Å². The zero-order valence-electron chi connectivity index (χ0n) is 20.9. The van der Waals surface area contributed by atoms with Gasteiger partial charge in [0.1, 0.15) is 0 Å². The first-order chi connectivity index (χ1) is 16.3. The predicted molar refractivity (Wildman–Crippen MR) is 141 cm³/mol. The number of hydrogen-bond acceptors (Lipinski definition) is 4. The van der Waals surface area contributed by atoms with Gasteiger partial charge < -0.3 is 15.1 Å². The van der Waals surface area contributed by atoms with E-state index in [1.54, 1.807) is 6.07 Å². The average Bonchev–Trinajstić information content (AvgIpc) is 3.15. The molecule has 1 saturated carbocycles. The molecule has 182 valence electrons. The van der Waals surface area contributed by atoms with Gasteiger partial charge in [-0.15, -0.1) is 0 Å². The van der Waals surface area contributed by atoms with Gasteiger partial charge in [0.15, 0.2) is 0 Å². The Hall–Kier alpha value is -2.57. The van der Waals surface area contributed by atoms with Crippen LogP contribution in [0.3, 0.4) is 0 Å². The van der Waals surface area contributed by atoms with Gasteiger partial charge in [-0.1, -0.05) is 29.8 Å². The van der Waals surface area contributed by atoms with E-state index in [9.17, 15) is 4.79 Å². The maximum Gasteiger partial charge on any atom is 0.251 e. The van der Waals surface area contributed by atoms with Crippen LogP contribution in [-0.4, -0.2) is 53.3 Å². The van der Waals surface area contributed by atoms with Gasteiger partial charge in [0, 0.05) is 47.3 Å². The molecule has 1 aliphatic carbocycles. The molecule has 3 aromatic rings. The number of halogens is 1. The van der Waals surface area contributed by atoms with Crippen molar-refractivity contribution in [3.05, 3.63) is 58.2 Å². The standard InChI is InChI=1S/C27H36ClN5O/c1-6-33(21-13-11-20(12-14-21)31(3)4)25-16-19(28)15-23(18(25)2)27(34)29-17-26-22-9-7-8-10-24(22)30-32(26)5/h7-10,15-16,20-21H,6,11-14,17H2,1-5H3,(H,29,34). The van der Waals surface area contributed by atoms with Gasteiger partial charge in [-0.05, 0) is 77.4 Å². The molecule has 0 saturated heterocycles. The second-order valence-electron chi connectivity index (χ2n) is 9.58. The first-order valence-electron chi connectivity index (χ1n) is 12.2. The normalized spacial score (nSPS) is 18.4. The molecule has 2 aromatic carbocycles. The fourth-order valence-electron chi connectivity index (χ4n) is 5.38. The van der Waals surface area contributed by atoms with E-state index in [1.807, 2.05) is 49.0 Å². The second-order valence-corrected chi connectivity index (χ2v) is 10.0. The molecule has 1 heterocycles. The summed E-state index contributed by atoms with van der Waals surface area (Å²) < 4.78 is 1.84. The molecule has 0 bridgehead atoms. The third-order valence-corrected chi connectivity index (χ3v) is 7.58. The molecule has 1 amide bonds. The Balaban J connectivity index is 1.54. The number of amides is 1. The minimum absolute atomic E-state index is 0.112. The number of aryl methyl sites for hydroxylation is 1. The maximum absolute atomic E-state index is 13.3. The van der Waals surface area contributed by atoms with E-state index in [0.29, 0.717) is 29.2 Å². The molecule has 0 unspecified atom stereocenters. The number of hydrogen-bond donors (Lipinski definition) is 1. The molecule has 1 N–H and O–H groups in total. The van der Waals surface area contributed by atoms with Gasteiger partial charge in [0.05, 0.1) is 17.8 Å². The third-order valence-electron chi connectivity index (χ3n) is 7.36. The lowest BCUT2D eigenvalue weighted by Gasteiger charge is -2.40. The van der Waals surface area contributed by atoms with Gasteiger partial charge in [-0.25, -0.2) is 0 Å². The monoisotopic (exact) mass is 481 g/mol. The number of nitrogens with one attached hydrogen (secondary N) is 1. The molecule has 1 fully saturated rings. The molecule has 6 nitrogen and oxygen atoms in total. The molecule has 0 aliphatic heterocycles. The smallest absolute Gasteiger partial charge is 0.251 e. The average molecular weight is 482 g/mol. The summed E-state index contributed by atoms with van der Waals surface area (Å²) in [7, 11) is 6.25. The number of carbonyl (C=O) groups is 1. The number of benzene rings is 2. The van der Waals surface area contributed by atoms with Crippen molar-refractivity contribution < 1.29 is 4.79 Å². The van der Waals surface area contributed by atoms with Crippen molar-refractivity contribution in [2.45, 2.75) is 58.2 Å². The van der Waals surface area contributed by atoms with Crippen LogP contribution >= 0.6 is 11.6 Å². The molecule has 0 radical (unpaired) electrons. The number of nitrogens with zero attached hydrogens (tertiary/aromatic N) is 4. The number of fused-ring (bicyclic) bond motifs is 1. The minimum Gasteiger partial charge on any atom is -0.369 e. The second kappa shape index (κ2) is 10.4. The zero-order valence-corrected chi connectivity index (χ0v) is 21.7. The highest BCUT2D eigenvalue weighted by Crippen LogP contribution is 2.34. The van der Waals surface area contributed by atoms with Crippen LogP contribution in [0.15, 0.2) is 36.4 Å². The number of aromatic nitrogens is 2. The van der Waals surface area contributed by atoms with Crippen LogP contribution in [-0.2, 0) is 13.6 Å². The molecular weight excluding hydrogens is 446 g/mol. The lowest BCUT2D eigenvalue weighted by molar-refractivity contribution is 0.0949. The molecule has 34 heavy (non-hydrogen) atoms. The summed E-state index contributed by atoms with van der Waals surface area (Å²) in [6.45, 7) is 5.52. The van der Waals surface area contributed by atoms with Crippen LogP contribution in [0.4, 0.5) is 5.69 Å². The van der Waals surface area contributed by atoms with E-state index in [0.717, 1.165) is 47.2 Å². The van der Waals surface area contributed by atoms with Gasteiger partial charge in [-0.2, -0.15) is 5.10 Å². The van der Waals surface area contributed by atoms with Gasteiger partial charge >= 0.3 is 0 Å². The van der Waals surface area contributed by atoms with Crippen molar-refractivity contribution in [3.63, 3.8) is 0 Å². The Kier molecular flexibility index (Phi) is 7.48. The summed E-state index contributed by atoms with van der Waals surface area (Å²) in [5.74, 6) is -0.112. The quantitative estimate of drug-likeness (QED) is 0.506. The first-order valence-corrected chi connectivity index (χ1v) is 12.6. The van der Waals surface area contributed by atoms with Crippen LogP contribution in [0.2, 0.25) is 5.02 Å². The van der Waals surface area contributed by atoms with Gasteiger partial charge in [-0.3, -0.25) is 9.48 Å². The number of rotatable bonds is 7. The van der Waals surface area contributed by atoms with Crippen molar-refractivity contribution >= 4 is 34.1 Å². The van der Waals surface area contributed by atoms with Crippen molar-refractivity contribution in [3.8, 4) is 0 Å². The number of anilines is 1. The highest BCUT2D eigenvalue weighted by atomic mass is 35.5. The summed E-state index contributed by atoms with van der Waals surface area (Å²) in [6.07, 6.45) is 4.69. The van der Waals surface area contributed by atoms with Crippen molar-refractivity contribution in [1.29, 1.82) is 0 Å². The maximum atomic E-state index is 13.3. The Morgan fingerprint density at radius 3 is 2.50 bits per heavy atom. The molecule has 7 heteroatoms. The van der Waals surface area contributed by atoms with Crippen molar-refractivity contribution in [2.75, 3.05) is 25.5 Å². The highest BCUT2D eigenvalue weighted by Gasteiger charge is 2.28. The third kappa shape index (κ3) is 4.93.